The van der Waals surface area contributed by atoms with Crippen LogP contribution < -0.4 is 5.56 Å². The Morgan fingerprint density at radius 2 is 1.89 bits per heavy atom. The summed E-state index contributed by atoms with van der Waals surface area (Å²) in [6, 6.07) is 11.3. The summed E-state index contributed by atoms with van der Waals surface area (Å²) in [6.45, 7) is 1.74. The van der Waals surface area contributed by atoms with Crippen molar-refractivity contribution < 1.29 is 4.52 Å². The first-order chi connectivity index (χ1) is 13.5. The van der Waals surface area contributed by atoms with Gasteiger partial charge in [-0.2, -0.15) is 4.98 Å². The summed E-state index contributed by atoms with van der Waals surface area (Å²) in [6.07, 6.45) is 2.21. The zero-order valence-corrected chi connectivity index (χ0v) is 16.2. The van der Waals surface area contributed by atoms with E-state index in [0.29, 0.717) is 28.0 Å². The van der Waals surface area contributed by atoms with Gasteiger partial charge in [-0.3, -0.25) is 9.36 Å². The van der Waals surface area contributed by atoms with E-state index in [0.717, 1.165) is 40.9 Å². The standard InChI is InChI=1S/C21H17ClN4O2/c1-11-23-19(25-28-11)14-5-7-15(17(22)10-14)13-6-8-18-16(9-13)21(27)26(2)20(24-18)12-3-4-12/h5-10,12H,3-4H2,1-2H3. The Labute approximate surface area is 165 Å². The molecule has 0 unspecified atom stereocenters. The zero-order chi connectivity index (χ0) is 19.4. The van der Waals surface area contributed by atoms with Crippen LogP contribution in [0.25, 0.3) is 33.4 Å². The lowest BCUT2D eigenvalue weighted by atomic mass is 10.0. The van der Waals surface area contributed by atoms with Gasteiger partial charge in [-0.1, -0.05) is 35.0 Å². The maximum atomic E-state index is 12.9. The van der Waals surface area contributed by atoms with Gasteiger partial charge in [0, 0.05) is 36.0 Å². The molecular weight excluding hydrogens is 376 g/mol. The summed E-state index contributed by atoms with van der Waals surface area (Å²) in [4.78, 5) is 21.8. The lowest BCUT2D eigenvalue weighted by Gasteiger charge is -2.10. The van der Waals surface area contributed by atoms with Crippen LogP contribution in [0.5, 0.6) is 0 Å². The average molecular weight is 393 g/mol. The molecule has 1 saturated carbocycles. The Kier molecular flexibility index (Phi) is 3.84. The Balaban J connectivity index is 1.60. The fourth-order valence-corrected chi connectivity index (χ4v) is 3.76. The van der Waals surface area contributed by atoms with Crippen molar-refractivity contribution in [1.29, 1.82) is 0 Å². The van der Waals surface area contributed by atoms with Gasteiger partial charge in [0.25, 0.3) is 5.56 Å². The van der Waals surface area contributed by atoms with Crippen molar-refractivity contribution >= 4 is 22.5 Å². The zero-order valence-electron chi connectivity index (χ0n) is 15.4. The molecule has 140 valence electrons. The number of aromatic nitrogens is 4. The maximum Gasteiger partial charge on any atom is 0.261 e. The van der Waals surface area contributed by atoms with Gasteiger partial charge in [-0.05, 0) is 36.6 Å². The Hall–Kier alpha value is -2.99. The van der Waals surface area contributed by atoms with Crippen LogP contribution in [0.4, 0.5) is 0 Å². The molecule has 0 aliphatic heterocycles. The smallest absolute Gasteiger partial charge is 0.261 e. The second-order valence-electron chi connectivity index (χ2n) is 7.17. The molecule has 0 radical (unpaired) electrons. The van der Waals surface area contributed by atoms with Crippen molar-refractivity contribution in [2.45, 2.75) is 25.7 Å². The van der Waals surface area contributed by atoms with E-state index in [9.17, 15) is 4.79 Å². The van der Waals surface area contributed by atoms with Crippen LogP contribution in [0.1, 0.15) is 30.5 Å². The second-order valence-corrected chi connectivity index (χ2v) is 7.58. The van der Waals surface area contributed by atoms with Crippen LogP contribution in [-0.4, -0.2) is 19.7 Å². The molecule has 4 aromatic rings. The summed E-state index contributed by atoms with van der Waals surface area (Å²) in [5.41, 5.74) is 3.18. The molecule has 1 fully saturated rings. The molecule has 0 saturated heterocycles. The van der Waals surface area contributed by atoms with Gasteiger partial charge in [0.2, 0.25) is 11.7 Å². The number of benzene rings is 2. The van der Waals surface area contributed by atoms with E-state index in [1.807, 2.05) is 30.3 Å². The highest BCUT2D eigenvalue weighted by Gasteiger charge is 2.28. The number of aryl methyl sites for hydroxylation is 1. The number of fused-ring (bicyclic) bond motifs is 1. The lowest BCUT2D eigenvalue weighted by molar-refractivity contribution is 0.394. The molecule has 0 N–H and O–H groups in total. The third kappa shape index (κ3) is 2.81. The Morgan fingerprint density at radius 1 is 1.11 bits per heavy atom. The van der Waals surface area contributed by atoms with Gasteiger partial charge in [0.1, 0.15) is 5.82 Å². The number of hydrogen-bond acceptors (Lipinski definition) is 5. The topological polar surface area (TPSA) is 73.8 Å². The Morgan fingerprint density at radius 3 is 2.57 bits per heavy atom. The predicted octanol–water partition coefficient (Wildman–Crippen LogP) is 4.49. The van der Waals surface area contributed by atoms with Crippen molar-refractivity contribution in [3.8, 4) is 22.5 Å². The van der Waals surface area contributed by atoms with E-state index in [1.54, 1.807) is 24.6 Å². The Bertz CT molecular complexity index is 1290. The fraction of sp³-hybridized carbons (Fsp3) is 0.238. The first-order valence-corrected chi connectivity index (χ1v) is 9.50. The van der Waals surface area contributed by atoms with Gasteiger partial charge >= 0.3 is 0 Å². The van der Waals surface area contributed by atoms with Crippen LogP contribution in [-0.2, 0) is 7.05 Å². The average Bonchev–Trinajstić information content (AvgIpc) is 3.44. The molecule has 0 bridgehead atoms. The molecular formula is C21H17ClN4O2. The van der Waals surface area contributed by atoms with E-state index < -0.39 is 0 Å². The van der Waals surface area contributed by atoms with Crippen molar-refractivity contribution in [2.75, 3.05) is 0 Å². The summed E-state index contributed by atoms with van der Waals surface area (Å²) in [5, 5.41) is 5.07. The molecule has 0 atom stereocenters. The lowest BCUT2D eigenvalue weighted by Crippen LogP contribution is -2.22. The maximum absolute atomic E-state index is 12.9. The highest BCUT2D eigenvalue weighted by molar-refractivity contribution is 6.33. The van der Waals surface area contributed by atoms with Gasteiger partial charge < -0.3 is 4.52 Å². The third-order valence-electron chi connectivity index (χ3n) is 5.12. The SMILES string of the molecule is Cc1nc(-c2ccc(-c3ccc4nc(C5CC5)n(C)c(=O)c4c3)c(Cl)c2)no1. The summed E-state index contributed by atoms with van der Waals surface area (Å²) < 4.78 is 6.70. The van der Waals surface area contributed by atoms with Crippen molar-refractivity contribution in [2.24, 2.45) is 7.05 Å². The van der Waals surface area contributed by atoms with Crippen molar-refractivity contribution in [1.82, 2.24) is 19.7 Å². The molecule has 7 heteroatoms. The number of hydrogen-bond donors (Lipinski definition) is 0. The third-order valence-corrected chi connectivity index (χ3v) is 5.43. The van der Waals surface area contributed by atoms with E-state index in [4.69, 9.17) is 21.1 Å². The minimum Gasteiger partial charge on any atom is -0.339 e. The largest absolute Gasteiger partial charge is 0.339 e. The molecule has 0 amide bonds. The highest BCUT2D eigenvalue weighted by Crippen LogP contribution is 2.39. The van der Waals surface area contributed by atoms with Crippen LogP contribution in [0.3, 0.4) is 0 Å². The van der Waals surface area contributed by atoms with Crippen molar-refractivity contribution in [3.63, 3.8) is 0 Å². The second kappa shape index (κ2) is 6.27. The van der Waals surface area contributed by atoms with E-state index in [1.165, 1.54) is 0 Å². The van der Waals surface area contributed by atoms with E-state index in [-0.39, 0.29) is 5.56 Å². The number of halogens is 1. The van der Waals surface area contributed by atoms with E-state index in [2.05, 4.69) is 10.1 Å². The van der Waals surface area contributed by atoms with Crippen LogP contribution >= 0.6 is 11.6 Å². The molecule has 2 heterocycles. The number of rotatable bonds is 3. The van der Waals surface area contributed by atoms with E-state index >= 15 is 0 Å². The molecule has 28 heavy (non-hydrogen) atoms. The molecule has 1 aliphatic carbocycles. The van der Waals surface area contributed by atoms with Gasteiger partial charge in [0.05, 0.1) is 10.9 Å². The molecule has 6 nitrogen and oxygen atoms in total. The molecule has 1 aliphatic rings. The predicted molar refractivity (Wildman–Crippen MR) is 107 cm³/mol. The molecule has 2 aromatic heterocycles. The number of nitrogens with zero attached hydrogens (tertiary/aromatic N) is 4. The first-order valence-electron chi connectivity index (χ1n) is 9.12. The van der Waals surface area contributed by atoms with Gasteiger partial charge in [-0.15, -0.1) is 0 Å². The highest BCUT2D eigenvalue weighted by atomic mass is 35.5. The van der Waals surface area contributed by atoms with Gasteiger partial charge in [0.15, 0.2) is 0 Å². The molecule has 0 spiro atoms. The first kappa shape index (κ1) is 17.1. The quantitative estimate of drug-likeness (QED) is 0.513. The van der Waals surface area contributed by atoms with Crippen molar-refractivity contribution in [3.05, 3.63) is 63.5 Å². The fourth-order valence-electron chi connectivity index (χ4n) is 3.47. The molecule has 5 rings (SSSR count). The van der Waals surface area contributed by atoms with Crippen LogP contribution in [0.2, 0.25) is 5.02 Å². The summed E-state index contributed by atoms with van der Waals surface area (Å²) in [7, 11) is 1.80. The van der Waals surface area contributed by atoms with Crippen LogP contribution in [0.15, 0.2) is 45.7 Å². The van der Waals surface area contributed by atoms with Gasteiger partial charge in [-0.25, -0.2) is 4.98 Å². The minimum absolute atomic E-state index is 0.0243. The monoisotopic (exact) mass is 392 g/mol. The summed E-state index contributed by atoms with van der Waals surface area (Å²) >= 11 is 6.53. The molecule has 2 aromatic carbocycles. The normalized spacial score (nSPS) is 14.0. The van der Waals surface area contributed by atoms with Crippen LogP contribution in [0, 0.1) is 6.92 Å². The summed E-state index contributed by atoms with van der Waals surface area (Å²) in [5.74, 6) is 2.29. The minimum atomic E-state index is -0.0243.